The van der Waals surface area contributed by atoms with Crippen LogP contribution in [-0.2, 0) is 9.53 Å². The molecule has 0 N–H and O–H groups in total. The number of halogens is 1. The third kappa shape index (κ3) is 15.7. The van der Waals surface area contributed by atoms with Gasteiger partial charge in [-0.05, 0) is 20.5 Å². The molecule has 0 aliphatic carbocycles. The van der Waals surface area contributed by atoms with Crippen LogP contribution in [0.25, 0.3) is 0 Å². The lowest BCUT2D eigenvalue weighted by Gasteiger charge is -2.09. The lowest BCUT2D eigenvalue weighted by Crippen LogP contribution is -2.23. The van der Waals surface area contributed by atoms with Crippen molar-refractivity contribution in [3.63, 3.8) is 0 Å². The van der Waals surface area contributed by atoms with Crippen molar-refractivity contribution in [1.29, 1.82) is 0 Å². The van der Waals surface area contributed by atoms with E-state index in [1.54, 1.807) is 0 Å². The van der Waals surface area contributed by atoms with Crippen LogP contribution in [0.2, 0.25) is 0 Å². The zero-order chi connectivity index (χ0) is 12.9. The summed E-state index contributed by atoms with van der Waals surface area (Å²) in [4.78, 5) is 13.0. The molecule has 4 heteroatoms. The van der Waals surface area contributed by atoms with E-state index in [4.69, 9.17) is 4.74 Å². The molecule has 0 rings (SSSR count). The molecule has 0 aliphatic rings. The maximum absolute atomic E-state index is 11.2. The van der Waals surface area contributed by atoms with Crippen LogP contribution in [0.5, 0.6) is 0 Å². The van der Waals surface area contributed by atoms with Crippen molar-refractivity contribution in [2.45, 2.75) is 58.3 Å². The maximum atomic E-state index is 11.2. The van der Waals surface area contributed by atoms with Gasteiger partial charge in [0, 0.05) is 0 Å². The smallest absolute Gasteiger partial charge is 0.320 e. The molecule has 0 saturated heterocycles. The Kier molecular flexibility index (Phi) is 16.5. The maximum Gasteiger partial charge on any atom is 0.320 e. The minimum Gasteiger partial charge on any atom is -0.465 e. The van der Waals surface area contributed by atoms with Crippen molar-refractivity contribution in [3.8, 4) is 0 Å². The molecule has 0 fully saturated rings. The number of esters is 1. The number of ether oxygens (including phenoxy) is 1. The highest BCUT2D eigenvalue weighted by Gasteiger charge is 2.03. The summed E-state index contributed by atoms with van der Waals surface area (Å²) in [6, 6.07) is 0. The van der Waals surface area contributed by atoms with E-state index in [1.807, 2.05) is 19.0 Å². The zero-order valence-corrected chi connectivity index (χ0v) is 13.1. The first-order chi connectivity index (χ1) is 8.16. The van der Waals surface area contributed by atoms with Crippen molar-refractivity contribution >= 4 is 18.4 Å². The summed E-state index contributed by atoms with van der Waals surface area (Å²) in [5, 5.41) is 0. The number of carbonyl (C=O) groups is 1. The lowest BCUT2D eigenvalue weighted by atomic mass is 10.1. The summed E-state index contributed by atoms with van der Waals surface area (Å²) in [5.41, 5.74) is 0. The number of nitrogens with zero attached hydrogens (tertiary/aromatic N) is 1. The van der Waals surface area contributed by atoms with E-state index in [2.05, 4.69) is 6.92 Å². The Morgan fingerprint density at radius 2 is 1.44 bits per heavy atom. The standard InChI is InChI=1S/C14H29NO2.ClH/c1-4-5-6-7-8-9-10-11-12-17-14(16)13-15(2)3;/h4-13H2,1-3H3;1H. The van der Waals surface area contributed by atoms with Crippen LogP contribution in [0.3, 0.4) is 0 Å². The summed E-state index contributed by atoms with van der Waals surface area (Å²) < 4.78 is 5.12. The summed E-state index contributed by atoms with van der Waals surface area (Å²) in [5.74, 6) is -0.113. The zero-order valence-electron chi connectivity index (χ0n) is 12.2. The number of rotatable bonds is 11. The quantitative estimate of drug-likeness (QED) is 0.427. The van der Waals surface area contributed by atoms with Crippen LogP contribution in [-0.4, -0.2) is 38.1 Å². The van der Waals surface area contributed by atoms with Gasteiger partial charge in [0.1, 0.15) is 0 Å². The Labute approximate surface area is 119 Å². The normalized spacial score (nSPS) is 10.2. The molecule has 0 radical (unpaired) electrons. The van der Waals surface area contributed by atoms with E-state index in [0.717, 1.165) is 6.42 Å². The molecule has 0 spiro atoms. The Bertz CT molecular complexity index is 187. The van der Waals surface area contributed by atoms with Crippen molar-refractivity contribution in [2.75, 3.05) is 27.2 Å². The fourth-order valence-electron chi connectivity index (χ4n) is 1.73. The number of unbranched alkanes of at least 4 members (excludes halogenated alkanes) is 7. The molecule has 0 heterocycles. The number of likely N-dealkylation sites (N-methyl/N-ethyl adjacent to an activating group) is 1. The third-order valence-electron chi connectivity index (χ3n) is 2.71. The Balaban J connectivity index is 0. The van der Waals surface area contributed by atoms with Crippen molar-refractivity contribution < 1.29 is 9.53 Å². The number of hydrogen-bond acceptors (Lipinski definition) is 3. The van der Waals surface area contributed by atoms with Gasteiger partial charge in [-0.3, -0.25) is 9.69 Å². The van der Waals surface area contributed by atoms with Crippen LogP contribution >= 0.6 is 12.4 Å². The molecule has 0 aromatic carbocycles. The van der Waals surface area contributed by atoms with Gasteiger partial charge in [-0.15, -0.1) is 12.4 Å². The molecule has 110 valence electrons. The van der Waals surface area contributed by atoms with Crippen molar-refractivity contribution in [2.24, 2.45) is 0 Å². The van der Waals surface area contributed by atoms with Crippen molar-refractivity contribution in [3.05, 3.63) is 0 Å². The van der Waals surface area contributed by atoms with Gasteiger partial charge in [0.2, 0.25) is 0 Å². The number of carbonyl (C=O) groups excluding carboxylic acids is 1. The van der Waals surface area contributed by atoms with Crippen LogP contribution in [0.15, 0.2) is 0 Å². The van der Waals surface area contributed by atoms with Gasteiger partial charge in [-0.25, -0.2) is 0 Å². The monoisotopic (exact) mass is 279 g/mol. The molecule has 0 atom stereocenters. The molecule has 3 nitrogen and oxygen atoms in total. The van der Waals surface area contributed by atoms with Crippen molar-refractivity contribution in [1.82, 2.24) is 4.90 Å². The van der Waals surface area contributed by atoms with Gasteiger partial charge >= 0.3 is 5.97 Å². The molecule has 0 saturated carbocycles. The Morgan fingerprint density at radius 1 is 0.944 bits per heavy atom. The molecular weight excluding hydrogens is 250 g/mol. The second-order valence-corrected chi connectivity index (χ2v) is 4.93. The first-order valence-electron chi connectivity index (χ1n) is 6.97. The summed E-state index contributed by atoms with van der Waals surface area (Å²) in [6.45, 7) is 3.21. The first kappa shape index (κ1) is 20.0. The van der Waals surface area contributed by atoms with Gasteiger partial charge in [0.25, 0.3) is 0 Å². The van der Waals surface area contributed by atoms with Gasteiger partial charge in [0.15, 0.2) is 0 Å². The molecule has 0 bridgehead atoms. The Morgan fingerprint density at radius 3 is 1.94 bits per heavy atom. The first-order valence-corrected chi connectivity index (χ1v) is 6.97. The minimum atomic E-state index is -0.113. The van der Waals surface area contributed by atoms with E-state index in [-0.39, 0.29) is 18.4 Å². The van der Waals surface area contributed by atoms with Crippen LogP contribution in [0.1, 0.15) is 58.3 Å². The van der Waals surface area contributed by atoms with Gasteiger partial charge in [-0.2, -0.15) is 0 Å². The van der Waals surface area contributed by atoms with E-state index < -0.39 is 0 Å². The van der Waals surface area contributed by atoms with Crippen LogP contribution in [0, 0.1) is 0 Å². The highest BCUT2D eigenvalue weighted by atomic mass is 35.5. The fourth-order valence-corrected chi connectivity index (χ4v) is 1.73. The van der Waals surface area contributed by atoms with E-state index in [9.17, 15) is 4.79 Å². The molecule has 0 aromatic heterocycles. The summed E-state index contributed by atoms with van der Waals surface area (Å²) in [7, 11) is 3.75. The van der Waals surface area contributed by atoms with Gasteiger partial charge < -0.3 is 4.74 Å². The molecule has 0 unspecified atom stereocenters. The van der Waals surface area contributed by atoms with Gasteiger partial charge in [0.05, 0.1) is 13.2 Å². The highest BCUT2D eigenvalue weighted by molar-refractivity contribution is 5.85. The highest BCUT2D eigenvalue weighted by Crippen LogP contribution is 2.08. The average molecular weight is 280 g/mol. The minimum absolute atomic E-state index is 0. The van der Waals surface area contributed by atoms with E-state index in [0.29, 0.717) is 13.2 Å². The molecular formula is C14H30ClNO2. The summed E-state index contributed by atoms with van der Waals surface area (Å²) >= 11 is 0. The Hall–Kier alpha value is -0.280. The predicted octanol–water partition coefficient (Wildman–Crippen LogP) is 3.65. The molecule has 18 heavy (non-hydrogen) atoms. The lowest BCUT2D eigenvalue weighted by molar-refractivity contribution is -0.144. The molecule has 0 aliphatic heterocycles. The van der Waals surface area contributed by atoms with E-state index in [1.165, 1.54) is 44.9 Å². The second-order valence-electron chi connectivity index (χ2n) is 4.93. The van der Waals surface area contributed by atoms with E-state index >= 15 is 0 Å². The van der Waals surface area contributed by atoms with Crippen LogP contribution < -0.4 is 0 Å². The average Bonchev–Trinajstić information content (AvgIpc) is 2.26. The van der Waals surface area contributed by atoms with Crippen LogP contribution in [0.4, 0.5) is 0 Å². The fraction of sp³-hybridized carbons (Fsp3) is 0.929. The molecule has 0 amide bonds. The second kappa shape index (κ2) is 14.8. The summed E-state index contributed by atoms with van der Waals surface area (Å²) in [6.07, 6.45) is 10.2. The largest absolute Gasteiger partial charge is 0.465 e. The van der Waals surface area contributed by atoms with Gasteiger partial charge in [-0.1, -0.05) is 51.9 Å². The topological polar surface area (TPSA) is 29.5 Å². The third-order valence-corrected chi connectivity index (χ3v) is 2.71. The SMILES string of the molecule is CCCCCCCCCCOC(=O)CN(C)C.Cl. The molecule has 0 aromatic rings. The number of hydrogen-bond donors (Lipinski definition) is 0. The predicted molar refractivity (Wildman–Crippen MR) is 79.4 cm³/mol.